The molecule has 0 heterocycles. The van der Waals surface area contributed by atoms with Crippen LogP contribution in [0, 0.1) is 11.3 Å². The Morgan fingerprint density at radius 1 is 1.42 bits per heavy atom. The van der Waals surface area contributed by atoms with E-state index in [0.29, 0.717) is 6.42 Å². The Morgan fingerprint density at radius 3 is 2.42 bits per heavy atom. The molecule has 1 aliphatic rings. The first kappa shape index (κ1) is 15.9. The van der Waals surface area contributed by atoms with Gasteiger partial charge in [-0.15, -0.1) is 0 Å². The Morgan fingerprint density at radius 2 is 2.00 bits per heavy atom. The van der Waals surface area contributed by atoms with Crippen molar-refractivity contribution in [2.45, 2.75) is 65.9 Å². The molecule has 0 N–H and O–H groups in total. The van der Waals surface area contributed by atoms with Gasteiger partial charge in [0.25, 0.3) is 0 Å². The number of esters is 1. The first-order valence-electron chi connectivity index (χ1n) is 7.09. The van der Waals surface area contributed by atoms with Gasteiger partial charge in [-0.2, -0.15) is 0 Å². The minimum absolute atomic E-state index is 0.134. The van der Waals surface area contributed by atoms with E-state index in [4.69, 9.17) is 4.74 Å². The van der Waals surface area contributed by atoms with E-state index in [1.165, 1.54) is 6.92 Å². The molecule has 0 spiro atoms. The number of hydrogen-bond donors (Lipinski definition) is 0. The largest absolute Gasteiger partial charge is 0.459 e. The van der Waals surface area contributed by atoms with Crippen molar-refractivity contribution in [3.8, 4) is 0 Å². The van der Waals surface area contributed by atoms with Crippen LogP contribution in [0.1, 0.15) is 60.3 Å². The van der Waals surface area contributed by atoms with Gasteiger partial charge in [-0.1, -0.05) is 19.9 Å². The molecule has 0 aromatic rings. The van der Waals surface area contributed by atoms with Crippen molar-refractivity contribution in [2.75, 3.05) is 0 Å². The number of carbonyl (C=O) groups excluding carboxylic acids is 2. The molecule has 0 bridgehead atoms. The van der Waals surface area contributed by atoms with Crippen molar-refractivity contribution in [2.24, 2.45) is 11.3 Å². The predicted octanol–water partition coefficient (Wildman–Crippen LogP) is 3.67. The maximum absolute atomic E-state index is 12.5. The van der Waals surface area contributed by atoms with Gasteiger partial charge in [-0.3, -0.25) is 9.59 Å². The second-order valence-corrected chi connectivity index (χ2v) is 6.51. The highest BCUT2D eigenvalue weighted by Gasteiger charge is 2.53. The summed E-state index contributed by atoms with van der Waals surface area (Å²) in [5, 5.41) is 0. The Bertz CT molecular complexity index is 389. The van der Waals surface area contributed by atoms with E-state index in [-0.39, 0.29) is 11.7 Å². The molecule has 0 aromatic carbocycles. The van der Waals surface area contributed by atoms with E-state index in [1.807, 2.05) is 20.8 Å². The van der Waals surface area contributed by atoms with E-state index < -0.39 is 17.0 Å². The van der Waals surface area contributed by atoms with Crippen LogP contribution in [-0.4, -0.2) is 17.4 Å². The third-order valence-corrected chi connectivity index (χ3v) is 3.89. The molecule has 1 aliphatic carbocycles. The van der Waals surface area contributed by atoms with Crippen molar-refractivity contribution in [3.63, 3.8) is 0 Å². The molecule has 3 heteroatoms. The first-order valence-corrected chi connectivity index (χ1v) is 7.09. The van der Waals surface area contributed by atoms with Crippen molar-refractivity contribution < 1.29 is 14.3 Å². The Hall–Kier alpha value is -1.12. The van der Waals surface area contributed by atoms with Gasteiger partial charge in [-0.25, -0.2) is 0 Å². The molecule has 0 radical (unpaired) electrons. The zero-order chi connectivity index (χ0) is 14.8. The highest BCUT2D eigenvalue weighted by Crippen LogP contribution is 2.49. The topological polar surface area (TPSA) is 43.4 Å². The molecular formula is C16H26O3. The summed E-state index contributed by atoms with van der Waals surface area (Å²) in [6, 6.07) is 0. The monoisotopic (exact) mass is 266 g/mol. The number of ketones is 1. The third-order valence-electron chi connectivity index (χ3n) is 3.89. The average Bonchev–Trinajstić information content (AvgIpc) is 2.56. The molecule has 1 saturated carbocycles. The average molecular weight is 266 g/mol. The van der Waals surface area contributed by atoms with Gasteiger partial charge in [0.2, 0.25) is 0 Å². The minimum Gasteiger partial charge on any atom is -0.459 e. The fourth-order valence-electron chi connectivity index (χ4n) is 2.89. The standard InChI is InChI=1S/C16H26O3/c1-7-8-13-9-10-16(11(13)2,12(3)17)14(18)19-15(4,5)6/h13H,2,7-10H2,1,3-6H3/t13-,16+/m0/s1. The molecule has 1 fully saturated rings. The van der Waals surface area contributed by atoms with Crippen LogP contribution in [-0.2, 0) is 14.3 Å². The van der Waals surface area contributed by atoms with Crippen LogP contribution in [0.4, 0.5) is 0 Å². The number of carbonyl (C=O) groups is 2. The molecule has 2 atom stereocenters. The minimum atomic E-state index is -1.10. The molecule has 0 aromatic heterocycles. The highest BCUT2D eigenvalue weighted by atomic mass is 16.6. The fourth-order valence-corrected chi connectivity index (χ4v) is 2.89. The lowest BCUT2D eigenvalue weighted by Crippen LogP contribution is -2.42. The first-order chi connectivity index (χ1) is 8.65. The van der Waals surface area contributed by atoms with Crippen molar-refractivity contribution in [3.05, 3.63) is 12.2 Å². The number of Topliss-reactive ketones (excluding diaryl/α,β-unsaturated/α-hetero) is 1. The van der Waals surface area contributed by atoms with E-state index in [2.05, 4.69) is 13.5 Å². The smallest absolute Gasteiger partial charge is 0.324 e. The summed E-state index contributed by atoms with van der Waals surface area (Å²) in [5.41, 5.74) is -0.924. The van der Waals surface area contributed by atoms with Crippen LogP contribution in [0.15, 0.2) is 12.2 Å². The Labute approximate surface area is 116 Å². The molecule has 108 valence electrons. The molecule has 0 unspecified atom stereocenters. The second-order valence-electron chi connectivity index (χ2n) is 6.51. The normalized spacial score (nSPS) is 27.4. The summed E-state index contributed by atoms with van der Waals surface area (Å²) < 4.78 is 5.46. The summed E-state index contributed by atoms with van der Waals surface area (Å²) in [4.78, 5) is 24.6. The highest BCUT2D eigenvalue weighted by molar-refractivity contribution is 6.06. The zero-order valence-electron chi connectivity index (χ0n) is 12.8. The predicted molar refractivity (Wildman–Crippen MR) is 75.7 cm³/mol. The van der Waals surface area contributed by atoms with Crippen LogP contribution < -0.4 is 0 Å². The molecule has 0 amide bonds. The number of rotatable bonds is 4. The summed E-state index contributed by atoms with van der Waals surface area (Å²) >= 11 is 0. The molecule has 19 heavy (non-hydrogen) atoms. The van der Waals surface area contributed by atoms with Gasteiger partial charge < -0.3 is 4.74 Å². The lowest BCUT2D eigenvalue weighted by molar-refractivity contribution is -0.167. The van der Waals surface area contributed by atoms with Crippen LogP contribution in [0.3, 0.4) is 0 Å². The molecule has 1 rings (SSSR count). The lowest BCUT2D eigenvalue weighted by Gasteiger charge is -2.31. The maximum atomic E-state index is 12.5. The summed E-state index contributed by atoms with van der Waals surface area (Å²) in [5.74, 6) is -0.289. The maximum Gasteiger partial charge on any atom is 0.324 e. The van der Waals surface area contributed by atoms with Gasteiger partial charge in [-0.05, 0) is 58.4 Å². The lowest BCUT2D eigenvalue weighted by atomic mass is 9.77. The molecule has 0 saturated heterocycles. The second kappa shape index (κ2) is 5.48. The van der Waals surface area contributed by atoms with Crippen LogP contribution in [0.5, 0.6) is 0 Å². The fraction of sp³-hybridized carbons (Fsp3) is 0.750. The van der Waals surface area contributed by atoms with E-state index in [9.17, 15) is 9.59 Å². The molecular weight excluding hydrogens is 240 g/mol. The van der Waals surface area contributed by atoms with Gasteiger partial charge in [0, 0.05) is 0 Å². The van der Waals surface area contributed by atoms with Crippen LogP contribution in [0.25, 0.3) is 0 Å². The third kappa shape index (κ3) is 3.07. The summed E-state index contributed by atoms with van der Waals surface area (Å²) in [6.07, 6.45) is 3.41. The van der Waals surface area contributed by atoms with Gasteiger partial charge >= 0.3 is 5.97 Å². The van der Waals surface area contributed by atoms with Crippen LogP contribution >= 0.6 is 0 Å². The summed E-state index contributed by atoms with van der Waals surface area (Å²) in [7, 11) is 0. The van der Waals surface area contributed by atoms with Gasteiger partial charge in [0.05, 0.1) is 0 Å². The Kier molecular flexibility index (Phi) is 4.59. The zero-order valence-corrected chi connectivity index (χ0v) is 12.8. The van der Waals surface area contributed by atoms with Gasteiger partial charge in [0.1, 0.15) is 11.0 Å². The van der Waals surface area contributed by atoms with Crippen LogP contribution in [0.2, 0.25) is 0 Å². The van der Waals surface area contributed by atoms with E-state index in [1.54, 1.807) is 0 Å². The number of ether oxygens (including phenoxy) is 1. The number of hydrogen-bond acceptors (Lipinski definition) is 3. The molecule has 3 nitrogen and oxygen atoms in total. The van der Waals surface area contributed by atoms with E-state index >= 15 is 0 Å². The summed E-state index contributed by atoms with van der Waals surface area (Å²) in [6.45, 7) is 13.1. The van der Waals surface area contributed by atoms with Gasteiger partial charge in [0.15, 0.2) is 5.78 Å². The van der Waals surface area contributed by atoms with Crippen molar-refractivity contribution >= 4 is 11.8 Å². The van der Waals surface area contributed by atoms with E-state index in [0.717, 1.165) is 24.8 Å². The van der Waals surface area contributed by atoms with Crippen molar-refractivity contribution in [1.29, 1.82) is 0 Å². The molecule has 0 aliphatic heterocycles. The Balaban J connectivity index is 3.04. The van der Waals surface area contributed by atoms with Crippen molar-refractivity contribution in [1.82, 2.24) is 0 Å². The SMILES string of the molecule is C=C1[C@@H](CCC)CC[C@@]1(C(C)=O)C(=O)OC(C)(C)C. The quantitative estimate of drug-likeness (QED) is 0.443.